The van der Waals surface area contributed by atoms with Gasteiger partial charge in [-0.1, -0.05) is 30.3 Å². The molecule has 130 valence electrons. The van der Waals surface area contributed by atoms with E-state index in [1.54, 1.807) is 0 Å². The molecule has 2 N–H and O–H groups in total. The van der Waals surface area contributed by atoms with E-state index in [4.69, 9.17) is 4.74 Å². The zero-order chi connectivity index (χ0) is 17.5. The van der Waals surface area contributed by atoms with Crippen molar-refractivity contribution in [3.05, 3.63) is 42.5 Å². The van der Waals surface area contributed by atoms with Gasteiger partial charge in [-0.3, -0.25) is 4.79 Å². The predicted molar refractivity (Wildman–Crippen MR) is 98.6 cm³/mol. The van der Waals surface area contributed by atoms with Crippen LogP contribution in [0.5, 0.6) is 5.75 Å². The van der Waals surface area contributed by atoms with Crippen molar-refractivity contribution in [1.29, 1.82) is 0 Å². The molecule has 2 aromatic rings. The van der Waals surface area contributed by atoms with Crippen LogP contribution in [0.1, 0.15) is 27.7 Å². The zero-order valence-corrected chi connectivity index (χ0v) is 15.1. The van der Waals surface area contributed by atoms with E-state index in [-0.39, 0.29) is 12.5 Å². The number of rotatable bonds is 8. The van der Waals surface area contributed by atoms with Gasteiger partial charge in [0.25, 0.3) is 5.91 Å². The molecule has 2 rings (SSSR count). The third kappa shape index (κ3) is 5.24. The molecule has 0 bridgehead atoms. The van der Waals surface area contributed by atoms with Crippen LogP contribution in [0.25, 0.3) is 10.8 Å². The van der Waals surface area contributed by atoms with Crippen LogP contribution in [0, 0.1) is 0 Å². The maximum absolute atomic E-state index is 12.0. The number of benzene rings is 2. The highest BCUT2D eigenvalue weighted by atomic mass is 16.5. The summed E-state index contributed by atoms with van der Waals surface area (Å²) < 4.78 is 5.61. The van der Waals surface area contributed by atoms with Crippen molar-refractivity contribution >= 4 is 16.7 Å². The van der Waals surface area contributed by atoms with E-state index in [2.05, 4.69) is 39.1 Å². The van der Waals surface area contributed by atoms with E-state index in [1.807, 2.05) is 36.4 Å². The van der Waals surface area contributed by atoms with Crippen LogP contribution < -0.4 is 15.0 Å². The molecule has 0 fully saturated rings. The minimum absolute atomic E-state index is 0.0526. The molecular formula is C20H29N2O2+. The van der Waals surface area contributed by atoms with Gasteiger partial charge in [0.2, 0.25) is 0 Å². The van der Waals surface area contributed by atoms with Crippen molar-refractivity contribution in [2.24, 2.45) is 0 Å². The fraction of sp³-hybridized carbons (Fsp3) is 0.450. The first kappa shape index (κ1) is 18.3. The van der Waals surface area contributed by atoms with Crippen LogP contribution in [0.2, 0.25) is 0 Å². The maximum Gasteiger partial charge on any atom is 0.258 e. The van der Waals surface area contributed by atoms with Gasteiger partial charge in [-0.25, -0.2) is 0 Å². The first-order valence-electron chi connectivity index (χ1n) is 8.71. The van der Waals surface area contributed by atoms with Crippen LogP contribution in [0.15, 0.2) is 42.5 Å². The molecule has 0 atom stereocenters. The van der Waals surface area contributed by atoms with Gasteiger partial charge < -0.3 is 15.0 Å². The van der Waals surface area contributed by atoms with Crippen molar-refractivity contribution in [2.45, 2.75) is 39.8 Å². The van der Waals surface area contributed by atoms with E-state index >= 15 is 0 Å². The summed E-state index contributed by atoms with van der Waals surface area (Å²) in [5.41, 5.74) is 0. The number of amides is 1. The van der Waals surface area contributed by atoms with E-state index in [0.717, 1.165) is 17.7 Å². The standard InChI is InChI=1S/C20H28N2O2/c1-15(2)22(16(3)4)12-11-21-20(23)14-24-19-10-9-17-7-5-6-8-18(17)13-19/h5-10,13,15-16H,11-12,14H2,1-4H3,(H,21,23)/p+1. The Labute approximate surface area is 144 Å². The number of hydrogen-bond donors (Lipinski definition) is 2. The summed E-state index contributed by atoms with van der Waals surface area (Å²) >= 11 is 0. The lowest BCUT2D eigenvalue weighted by Crippen LogP contribution is -3.18. The molecule has 1 amide bonds. The smallest absolute Gasteiger partial charge is 0.258 e. The summed E-state index contributed by atoms with van der Waals surface area (Å²) in [5, 5.41) is 5.23. The van der Waals surface area contributed by atoms with Crippen molar-refractivity contribution in [3.63, 3.8) is 0 Å². The fourth-order valence-electron chi connectivity index (χ4n) is 3.05. The summed E-state index contributed by atoms with van der Waals surface area (Å²) in [4.78, 5) is 13.4. The molecule has 0 aliphatic carbocycles. The molecule has 0 aliphatic heterocycles. The Morgan fingerprint density at radius 3 is 2.38 bits per heavy atom. The van der Waals surface area contributed by atoms with Gasteiger partial charge in [0, 0.05) is 0 Å². The molecule has 4 nitrogen and oxygen atoms in total. The van der Waals surface area contributed by atoms with Crippen LogP contribution in [0.3, 0.4) is 0 Å². The second-order valence-corrected chi connectivity index (χ2v) is 6.78. The summed E-state index contributed by atoms with van der Waals surface area (Å²) in [6.45, 7) is 10.5. The van der Waals surface area contributed by atoms with Crippen LogP contribution in [-0.4, -0.2) is 37.7 Å². The molecule has 24 heavy (non-hydrogen) atoms. The average Bonchev–Trinajstić information content (AvgIpc) is 2.56. The Kier molecular flexibility index (Phi) is 6.62. The summed E-state index contributed by atoms with van der Waals surface area (Å²) in [6.07, 6.45) is 0. The second kappa shape index (κ2) is 8.69. The molecule has 2 aromatic carbocycles. The Morgan fingerprint density at radius 1 is 1.04 bits per heavy atom. The van der Waals surface area contributed by atoms with Crippen LogP contribution >= 0.6 is 0 Å². The number of carbonyl (C=O) groups is 1. The van der Waals surface area contributed by atoms with Crippen molar-refractivity contribution in [2.75, 3.05) is 19.7 Å². The Balaban J connectivity index is 1.78. The molecule has 0 aromatic heterocycles. The molecule has 0 radical (unpaired) electrons. The lowest BCUT2D eigenvalue weighted by molar-refractivity contribution is -0.941. The summed E-state index contributed by atoms with van der Waals surface area (Å²) in [5.74, 6) is 0.649. The highest BCUT2D eigenvalue weighted by Gasteiger charge is 2.16. The van der Waals surface area contributed by atoms with E-state index in [0.29, 0.717) is 18.6 Å². The van der Waals surface area contributed by atoms with Crippen molar-refractivity contribution in [3.8, 4) is 5.75 Å². The van der Waals surface area contributed by atoms with Crippen molar-refractivity contribution < 1.29 is 14.4 Å². The predicted octanol–water partition coefficient (Wildman–Crippen LogP) is 2.04. The second-order valence-electron chi connectivity index (χ2n) is 6.78. The molecule has 0 saturated carbocycles. The number of nitrogens with one attached hydrogen (secondary N) is 2. The molecule has 0 saturated heterocycles. The van der Waals surface area contributed by atoms with Gasteiger partial charge in [0.05, 0.1) is 25.2 Å². The van der Waals surface area contributed by atoms with Crippen LogP contribution in [0.4, 0.5) is 0 Å². The first-order chi connectivity index (χ1) is 11.5. The quantitative estimate of drug-likeness (QED) is 0.778. The minimum Gasteiger partial charge on any atom is -0.484 e. The van der Waals surface area contributed by atoms with Crippen LogP contribution in [-0.2, 0) is 4.79 Å². The third-order valence-electron chi connectivity index (χ3n) is 4.31. The van der Waals surface area contributed by atoms with Crippen molar-refractivity contribution in [1.82, 2.24) is 5.32 Å². The third-order valence-corrected chi connectivity index (χ3v) is 4.31. The lowest BCUT2D eigenvalue weighted by Gasteiger charge is -2.27. The SMILES string of the molecule is CC(C)[NH+](CCNC(=O)COc1ccc2ccccc2c1)C(C)C. The normalized spacial score (nSPS) is 11.5. The first-order valence-corrected chi connectivity index (χ1v) is 8.71. The van der Waals surface area contributed by atoms with Gasteiger partial charge >= 0.3 is 0 Å². The Morgan fingerprint density at radius 2 is 1.71 bits per heavy atom. The van der Waals surface area contributed by atoms with Gasteiger partial charge in [0.1, 0.15) is 5.75 Å². The average molecular weight is 329 g/mol. The van der Waals surface area contributed by atoms with Gasteiger partial charge in [0.15, 0.2) is 6.61 Å². The number of carbonyl (C=O) groups excluding carboxylic acids is 1. The molecular weight excluding hydrogens is 300 g/mol. The molecule has 0 unspecified atom stereocenters. The van der Waals surface area contributed by atoms with E-state index < -0.39 is 0 Å². The molecule has 4 heteroatoms. The summed E-state index contributed by atoms with van der Waals surface area (Å²) in [7, 11) is 0. The fourth-order valence-corrected chi connectivity index (χ4v) is 3.05. The van der Waals surface area contributed by atoms with E-state index in [9.17, 15) is 4.79 Å². The number of quaternary nitrogens is 1. The van der Waals surface area contributed by atoms with Gasteiger partial charge in [-0.05, 0) is 50.6 Å². The monoisotopic (exact) mass is 329 g/mol. The molecule has 0 aliphatic rings. The highest BCUT2D eigenvalue weighted by Crippen LogP contribution is 2.20. The Hall–Kier alpha value is -2.07. The molecule has 0 spiro atoms. The topological polar surface area (TPSA) is 42.8 Å². The highest BCUT2D eigenvalue weighted by molar-refractivity contribution is 5.84. The molecule has 0 heterocycles. The van der Waals surface area contributed by atoms with Gasteiger partial charge in [-0.15, -0.1) is 0 Å². The number of ether oxygens (including phenoxy) is 1. The van der Waals surface area contributed by atoms with Gasteiger partial charge in [-0.2, -0.15) is 0 Å². The summed E-state index contributed by atoms with van der Waals surface area (Å²) in [6, 6.07) is 15.1. The minimum atomic E-state index is -0.0741. The zero-order valence-electron chi connectivity index (χ0n) is 15.1. The number of hydrogen-bond acceptors (Lipinski definition) is 2. The largest absolute Gasteiger partial charge is 0.484 e. The lowest BCUT2D eigenvalue weighted by atomic mass is 10.1. The Bertz CT molecular complexity index is 659. The number of fused-ring (bicyclic) bond motifs is 1. The maximum atomic E-state index is 12.0. The van der Waals surface area contributed by atoms with E-state index in [1.165, 1.54) is 10.3 Å².